The van der Waals surface area contributed by atoms with Gasteiger partial charge in [0, 0.05) is 12.6 Å². The van der Waals surface area contributed by atoms with Crippen LogP contribution < -0.4 is 11.1 Å². The van der Waals surface area contributed by atoms with Crippen LogP contribution >= 0.6 is 0 Å². The summed E-state index contributed by atoms with van der Waals surface area (Å²) in [5.41, 5.74) is 7.26. The number of amides is 1. The lowest BCUT2D eigenvalue weighted by Crippen LogP contribution is -2.24. The number of hydrogen-bond donors (Lipinski definition) is 2. The first-order valence-corrected chi connectivity index (χ1v) is 7.40. The van der Waals surface area contributed by atoms with Crippen molar-refractivity contribution in [1.82, 2.24) is 15.3 Å². The van der Waals surface area contributed by atoms with Gasteiger partial charge in [-0.25, -0.2) is 0 Å². The number of hydrogen-bond acceptors (Lipinski definition) is 4. The van der Waals surface area contributed by atoms with Crippen molar-refractivity contribution in [3.63, 3.8) is 0 Å². The molecule has 0 aliphatic carbocycles. The lowest BCUT2D eigenvalue weighted by atomic mass is 9.94. The monoisotopic (exact) mass is 278 g/mol. The number of nitrogens with two attached hydrogens (primary N) is 1. The molecule has 3 N–H and O–H groups in total. The van der Waals surface area contributed by atoms with Gasteiger partial charge in [0.1, 0.15) is 0 Å². The van der Waals surface area contributed by atoms with E-state index in [9.17, 15) is 4.79 Å². The van der Waals surface area contributed by atoms with E-state index in [4.69, 9.17) is 5.73 Å². The Morgan fingerprint density at radius 2 is 2.10 bits per heavy atom. The third-order valence-electron chi connectivity index (χ3n) is 3.35. The van der Waals surface area contributed by atoms with E-state index >= 15 is 0 Å². The van der Waals surface area contributed by atoms with Crippen molar-refractivity contribution >= 4 is 5.91 Å². The molecule has 0 saturated heterocycles. The van der Waals surface area contributed by atoms with Gasteiger partial charge in [-0.3, -0.25) is 14.8 Å². The zero-order chi connectivity index (χ0) is 14.8. The maximum atomic E-state index is 11.8. The molecule has 1 heterocycles. The fraction of sp³-hybridized carbons (Fsp3) is 0.667. The summed E-state index contributed by atoms with van der Waals surface area (Å²) in [6.07, 6.45) is 8.17. The van der Waals surface area contributed by atoms with Crippen LogP contribution in [0.25, 0.3) is 0 Å². The van der Waals surface area contributed by atoms with Gasteiger partial charge in [-0.2, -0.15) is 0 Å². The Hall–Kier alpha value is -1.49. The SMILES string of the molecule is CCCC(CCN)CCC(=O)NCc1cnc(C)cn1. The smallest absolute Gasteiger partial charge is 0.220 e. The Bertz CT molecular complexity index is 385. The van der Waals surface area contributed by atoms with E-state index in [0.29, 0.717) is 25.4 Å². The maximum absolute atomic E-state index is 11.8. The molecular weight excluding hydrogens is 252 g/mol. The molecule has 1 atom stereocenters. The average molecular weight is 278 g/mol. The zero-order valence-electron chi connectivity index (χ0n) is 12.6. The molecule has 1 aromatic heterocycles. The van der Waals surface area contributed by atoms with Crippen LogP contribution in [0.2, 0.25) is 0 Å². The molecule has 0 radical (unpaired) electrons. The molecule has 5 heteroatoms. The van der Waals surface area contributed by atoms with Crippen LogP contribution in [0.1, 0.15) is 50.4 Å². The summed E-state index contributed by atoms with van der Waals surface area (Å²) in [5, 5.41) is 2.89. The first kappa shape index (κ1) is 16.6. The second-order valence-corrected chi connectivity index (χ2v) is 5.20. The zero-order valence-corrected chi connectivity index (χ0v) is 12.6. The van der Waals surface area contributed by atoms with Gasteiger partial charge < -0.3 is 11.1 Å². The van der Waals surface area contributed by atoms with Gasteiger partial charge in [0.15, 0.2) is 0 Å². The number of nitrogens with zero attached hydrogens (tertiary/aromatic N) is 2. The van der Waals surface area contributed by atoms with E-state index in [0.717, 1.165) is 37.1 Å². The fourth-order valence-corrected chi connectivity index (χ4v) is 2.20. The number of nitrogens with one attached hydrogen (secondary N) is 1. The third-order valence-corrected chi connectivity index (χ3v) is 3.35. The molecule has 1 aromatic rings. The largest absolute Gasteiger partial charge is 0.350 e. The molecule has 0 saturated carbocycles. The standard InChI is InChI=1S/C15H26N4O/c1-3-4-13(7-8-16)5-6-15(20)19-11-14-10-17-12(2)9-18-14/h9-10,13H,3-8,11,16H2,1-2H3,(H,19,20). The van der Waals surface area contributed by atoms with Gasteiger partial charge in [0.25, 0.3) is 0 Å². The normalized spacial score (nSPS) is 12.2. The van der Waals surface area contributed by atoms with E-state index < -0.39 is 0 Å². The summed E-state index contributed by atoms with van der Waals surface area (Å²) in [4.78, 5) is 20.2. The van der Waals surface area contributed by atoms with Gasteiger partial charge in [-0.05, 0) is 32.2 Å². The summed E-state index contributed by atoms with van der Waals surface area (Å²) in [6.45, 7) is 5.20. The summed E-state index contributed by atoms with van der Waals surface area (Å²) in [7, 11) is 0. The Morgan fingerprint density at radius 1 is 1.30 bits per heavy atom. The second-order valence-electron chi connectivity index (χ2n) is 5.20. The topological polar surface area (TPSA) is 80.9 Å². The Morgan fingerprint density at radius 3 is 2.70 bits per heavy atom. The predicted octanol–water partition coefficient (Wildman–Crippen LogP) is 1.95. The van der Waals surface area contributed by atoms with E-state index in [1.807, 2.05) is 6.92 Å². The molecule has 5 nitrogen and oxygen atoms in total. The molecule has 0 aliphatic heterocycles. The highest BCUT2D eigenvalue weighted by Gasteiger charge is 2.10. The highest BCUT2D eigenvalue weighted by molar-refractivity contribution is 5.75. The number of aromatic nitrogens is 2. The summed E-state index contributed by atoms with van der Waals surface area (Å²) >= 11 is 0. The van der Waals surface area contributed by atoms with Gasteiger partial charge in [-0.1, -0.05) is 19.8 Å². The minimum atomic E-state index is 0.0745. The van der Waals surface area contributed by atoms with Crippen LogP contribution in [0, 0.1) is 12.8 Å². The lowest BCUT2D eigenvalue weighted by Gasteiger charge is -2.14. The van der Waals surface area contributed by atoms with Crippen molar-refractivity contribution < 1.29 is 4.79 Å². The molecule has 0 aliphatic rings. The average Bonchev–Trinajstić information content (AvgIpc) is 2.44. The second kappa shape index (κ2) is 9.42. The van der Waals surface area contributed by atoms with Crippen LogP contribution in [-0.4, -0.2) is 22.4 Å². The number of carbonyl (C=O) groups excluding carboxylic acids is 1. The Labute approximate surface area is 121 Å². The number of carbonyl (C=O) groups is 1. The number of rotatable bonds is 9. The van der Waals surface area contributed by atoms with Crippen LogP contribution in [0.15, 0.2) is 12.4 Å². The van der Waals surface area contributed by atoms with Crippen LogP contribution in [0.4, 0.5) is 0 Å². The first-order valence-electron chi connectivity index (χ1n) is 7.40. The molecule has 20 heavy (non-hydrogen) atoms. The highest BCUT2D eigenvalue weighted by atomic mass is 16.1. The molecule has 0 fully saturated rings. The van der Waals surface area contributed by atoms with E-state index in [-0.39, 0.29) is 5.91 Å². The molecule has 0 spiro atoms. The van der Waals surface area contributed by atoms with Crippen LogP contribution in [0.5, 0.6) is 0 Å². The van der Waals surface area contributed by atoms with Crippen molar-refractivity contribution in [1.29, 1.82) is 0 Å². The summed E-state index contributed by atoms with van der Waals surface area (Å²) in [5.74, 6) is 0.639. The Balaban J connectivity index is 2.27. The van der Waals surface area contributed by atoms with E-state index in [2.05, 4.69) is 22.2 Å². The molecule has 0 aromatic carbocycles. The first-order chi connectivity index (χ1) is 9.65. The van der Waals surface area contributed by atoms with Crippen LogP contribution in [0.3, 0.4) is 0 Å². The van der Waals surface area contributed by atoms with Crippen molar-refractivity contribution in [2.45, 2.75) is 52.5 Å². The van der Waals surface area contributed by atoms with E-state index in [1.165, 1.54) is 0 Å². The van der Waals surface area contributed by atoms with Crippen LogP contribution in [-0.2, 0) is 11.3 Å². The molecule has 112 valence electrons. The van der Waals surface area contributed by atoms with Crippen molar-refractivity contribution in [3.8, 4) is 0 Å². The minimum absolute atomic E-state index is 0.0745. The fourth-order valence-electron chi connectivity index (χ4n) is 2.20. The number of aryl methyl sites for hydroxylation is 1. The van der Waals surface area contributed by atoms with Crippen molar-refractivity contribution in [2.24, 2.45) is 11.7 Å². The highest BCUT2D eigenvalue weighted by Crippen LogP contribution is 2.16. The predicted molar refractivity (Wildman–Crippen MR) is 79.9 cm³/mol. The minimum Gasteiger partial charge on any atom is -0.350 e. The molecule has 1 unspecified atom stereocenters. The van der Waals surface area contributed by atoms with Gasteiger partial charge in [0.05, 0.1) is 24.1 Å². The van der Waals surface area contributed by atoms with Gasteiger partial charge in [0.2, 0.25) is 5.91 Å². The lowest BCUT2D eigenvalue weighted by molar-refractivity contribution is -0.121. The molecule has 1 amide bonds. The molecule has 0 bridgehead atoms. The molecular formula is C15H26N4O. The summed E-state index contributed by atoms with van der Waals surface area (Å²) < 4.78 is 0. The van der Waals surface area contributed by atoms with Crippen molar-refractivity contribution in [2.75, 3.05) is 6.54 Å². The van der Waals surface area contributed by atoms with Gasteiger partial charge >= 0.3 is 0 Å². The molecule has 1 rings (SSSR count). The van der Waals surface area contributed by atoms with E-state index in [1.54, 1.807) is 12.4 Å². The summed E-state index contributed by atoms with van der Waals surface area (Å²) in [6, 6.07) is 0. The Kier molecular flexibility index (Phi) is 7.80. The quantitative estimate of drug-likeness (QED) is 0.723. The maximum Gasteiger partial charge on any atom is 0.220 e. The van der Waals surface area contributed by atoms with Gasteiger partial charge in [-0.15, -0.1) is 0 Å². The third kappa shape index (κ3) is 6.61. The van der Waals surface area contributed by atoms with Crippen molar-refractivity contribution in [3.05, 3.63) is 23.8 Å².